The zero-order valence-electron chi connectivity index (χ0n) is 20.6. The highest BCUT2D eigenvalue weighted by atomic mass is 31.2. The average molecular weight is 513 g/mol. The summed E-state index contributed by atoms with van der Waals surface area (Å²) in [5, 5.41) is 0. The smallest absolute Gasteiger partial charge is 0.410 e. The molecular formula is C19H37N2O10PSi. The summed E-state index contributed by atoms with van der Waals surface area (Å²) in [5.41, 5.74) is 0. The number of ether oxygens (including phenoxy) is 4. The van der Waals surface area contributed by atoms with Crippen molar-refractivity contribution >= 4 is 39.8 Å². The van der Waals surface area contributed by atoms with Crippen LogP contribution in [0, 0.1) is 0 Å². The third kappa shape index (κ3) is 13.2. The zero-order chi connectivity index (χ0) is 25.7. The highest BCUT2D eigenvalue weighted by Gasteiger charge is 2.39. The zero-order valence-corrected chi connectivity index (χ0v) is 22.5. The number of hydrogen-bond acceptors (Lipinski definition) is 10. The second-order valence-corrected chi connectivity index (χ2v) is 14.9. The Bertz CT molecular complexity index is 665. The van der Waals surface area contributed by atoms with Gasteiger partial charge in [0.25, 0.3) is 0 Å². The Morgan fingerprint density at radius 2 is 1.00 bits per heavy atom. The van der Waals surface area contributed by atoms with E-state index in [2.05, 4.69) is 0 Å². The molecule has 0 aromatic rings. The van der Waals surface area contributed by atoms with Gasteiger partial charge in [0.2, 0.25) is 7.37 Å². The van der Waals surface area contributed by atoms with E-state index in [1.807, 2.05) is 0 Å². The van der Waals surface area contributed by atoms with Crippen molar-refractivity contribution in [2.24, 2.45) is 0 Å². The summed E-state index contributed by atoms with van der Waals surface area (Å²) in [7, 11) is -6.36. The van der Waals surface area contributed by atoms with Gasteiger partial charge in [-0.05, 0) is 47.3 Å². The minimum absolute atomic E-state index is 0.0230. The van der Waals surface area contributed by atoms with Crippen molar-refractivity contribution in [3.63, 3.8) is 0 Å². The molecule has 14 heteroatoms. The molecule has 2 amide bonds. The van der Waals surface area contributed by atoms with Crippen molar-refractivity contribution in [1.82, 2.24) is 9.80 Å². The number of carbonyl (C=O) groups excluding carboxylic acids is 4. The van der Waals surface area contributed by atoms with Crippen LogP contribution < -0.4 is 0 Å². The van der Waals surface area contributed by atoms with E-state index in [1.54, 1.807) is 47.3 Å². The maximum Gasteiger partial charge on any atom is 0.410 e. The van der Waals surface area contributed by atoms with Crippen molar-refractivity contribution in [1.29, 1.82) is 0 Å². The molecule has 0 unspecified atom stereocenters. The van der Waals surface area contributed by atoms with E-state index in [0.717, 1.165) is 9.80 Å². The van der Waals surface area contributed by atoms with Crippen LogP contribution in [-0.4, -0.2) is 94.3 Å². The molecule has 0 aromatic carbocycles. The Hall–Kier alpha value is -2.11. The van der Waals surface area contributed by atoms with Gasteiger partial charge in [-0.3, -0.25) is 24.0 Å². The molecule has 0 bridgehead atoms. The monoisotopic (exact) mass is 512 g/mol. The molecule has 0 radical (unpaired) electrons. The van der Waals surface area contributed by atoms with Crippen LogP contribution in [0.25, 0.3) is 0 Å². The van der Waals surface area contributed by atoms with Gasteiger partial charge in [-0.1, -0.05) is 0 Å². The fraction of sp³-hybridized carbons (Fsp3) is 0.789. The van der Waals surface area contributed by atoms with Crippen LogP contribution >= 0.6 is 7.37 Å². The summed E-state index contributed by atoms with van der Waals surface area (Å²) >= 11 is 0. The van der Waals surface area contributed by atoms with Crippen LogP contribution in [0.1, 0.15) is 27.7 Å². The van der Waals surface area contributed by atoms with Gasteiger partial charge in [-0.15, -0.1) is 0 Å². The Morgan fingerprint density at radius 3 is 1.27 bits per heavy atom. The highest BCUT2D eigenvalue weighted by Crippen LogP contribution is 2.50. The Labute approximate surface area is 196 Å². The number of esters is 2. The molecule has 33 heavy (non-hydrogen) atoms. The second-order valence-electron chi connectivity index (χ2n) is 7.70. The standard InChI is InChI=1S/C19H37N2O10PSi/c1-8-27-16(22)12-20(18(24)29-10-3)14-32(26,31-33(5,6)7)15-21(19(25)30-11-4)13-17(23)28-9-2/h8-15H2,1-7H3. The molecule has 0 aliphatic carbocycles. The Balaban J connectivity index is 6.04. The first-order valence-corrected chi connectivity index (χ1v) is 16.1. The third-order valence-electron chi connectivity index (χ3n) is 3.52. The van der Waals surface area contributed by atoms with Crippen molar-refractivity contribution in [3.8, 4) is 0 Å². The van der Waals surface area contributed by atoms with Gasteiger partial charge in [-0.2, -0.15) is 0 Å². The van der Waals surface area contributed by atoms with Crippen molar-refractivity contribution in [3.05, 3.63) is 0 Å². The van der Waals surface area contributed by atoms with E-state index in [0.29, 0.717) is 0 Å². The molecule has 0 aromatic heterocycles. The second kappa shape index (κ2) is 14.9. The molecular weight excluding hydrogens is 475 g/mol. The number of amides is 2. The highest BCUT2D eigenvalue weighted by molar-refractivity contribution is 7.60. The Morgan fingerprint density at radius 1 is 0.667 bits per heavy atom. The number of nitrogens with zero attached hydrogens (tertiary/aromatic N) is 2. The maximum absolute atomic E-state index is 14.0. The van der Waals surface area contributed by atoms with E-state index in [-0.39, 0.29) is 26.4 Å². The summed E-state index contributed by atoms with van der Waals surface area (Å²) in [6.07, 6.45) is -2.85. The van der Waals surface area contributed by atoms with Crippen LogP contribution in [0.15, 0.2) is 0 Å². The molecule has 0 fully saturated rings. The van der Waals surface area contributed by atoms with Crippen molar-refractivity contribution < 1.29 is 46.9 Å². The summed E-state index contributed by atoms with van der Waals surface area (Å²) in [5.74, 6) is -1.45. The summed E-state index contributed by atoms with van der Waals surface area (Å²) in [4.78, 5) is 50.8. The lowest BCUT2D eigenvalue weighted by Crippen LogP contribution is -2.43. The minimum atomic E-state index is -3.86. The van der Waals surface area contributed by atoms with E-state index in [9.17, 15) is 23.7 Å². The molecule has 0 aliphatic rings. The summed E-state index contributed by atoms with van der Waals surface area (Å²) in [6.45, 7) is 10.9. The molecule has 12 nitrogen and oxygen atoms in total. The van der Waals surface area contributed by atoms with E-state index < -0.39 is 65.5 Å². The lowest BCUT2D eigenvalue weighted by atomic mass is 10.6. The number of rotatable bonds is 14. The fourth-order valence-corrected chi connectivity index (χ4v) is 8.64. The topological polar surface area (TPSA) is 138 Å². The first-order valence-electron chi connectivity index (χ1n) is 10.7. The fourth-order valence-electron chi connectivity index (χ4n) is 2.62. The first kappa shape index (κ1) is 30.9. The van der Waals surface area contributed by atoms with Crippen molar-refractivity contribution in [2.45, 2.75) is 47.3 Å². The van der Waals surface area contributed by atoms with Gasteiger partial charge in [0.05, 0.1) is 26.4 Å². The normalized spacial score (nSPS) is 11.4. The largest absolute Gasteiger partial charge is 0.465 e. The quantitative estimate of drug-likeness (QED) is 0.148. The molecule has 0 saturated carbocycles. The SMILES string of the molecule is CCOC(=O)CN(CP(=O)(CN(CC(=O)OCC)C(=O)OCC)O[Si](C)(C)C)C(=O)OCC. The molecule has 0 aliphatic heterocycles. The minimum Gasteiger partial charge on any atom is -0.465 e. The van der Waals surface area contributed by atoms with E-state index >= 15 is 0 Å². The first-order chi connectivity index (χ1) is 15.3. The van der Waals surface area contributed by atoms with Gasteiger partial charge in [0, 0.05) is 0 Å². The van der Waals surface area contributed by atoms with E-state index in [4.69, 9.17) is 23.2 Å². The van der Waals surface area contributed by atoms with Gasteiger partial charge in [0.15, 0.2) is 8.32 Å². The van der Waals surface area contributed by atoms with Gasteiger partial charge in [0.1, 0.15) is 25.7 Å². The van der Waals surface area contributed by atoms with Crippen LogP contribution in [0.2, 0.25) is 19.6 Å². The Kier molecular flexibility index (Phi) is 14.0. The lowest BCUT2D eigenvalue weighted by molar-refractivity contribution is -0.144. The summed E-state index contributed by atoms with van der Waals surface area (Å²) < 4.78 is 39.6. The average Bonchev–Trinajstić information content (AvgIpc) is 2.66. The van der Waals surface area contributed by atoms with Gasteiger partial charge >= 0.3 is 24.1 Å². The van der Waals surface area contributed by atoms with Crippen LogP contribution in [0.4, 0.5) is 9.59 Å². The number of hydrogen-bond donors (Lipinski definition) is 0. The lowest BCUT2D eigenvalue weighted by Gasteiger charge is -2.33. The molecule has 0 saturated heterocycles. The number of carbonyl (C=O) groups is 4. The molecule has 0 rings (SSSR count). The van der Waals surface area contributed by atoms with Crippen LogP contribution in [0.3, 0.4) is 0 Å². The maximum atomic E-state index is 14.0. The van der Waals surface area contributed by atoms with Crippen LogP contribution in [0.5, 0.6) is 0 Å². The molecule has 0 N–H and O–H groups in total. The predicted octanol–water partition coefficient (Wildman–Crippen LogP) is 3.07. The molecule has 192 valence electrons. The van der Waals surface area contributed by atoms with Gasteiger partial charge in [-0.25, -0.2) is 9.59 Å². The van der Waals surface area contributed by atoms with Gasteiger partial charge < -0.3 is 23.2 Å². The molecule has 0 atom stereocenters. The van der Waals surface area contributed by atoms with Crippen LogP contribution in [-0.2, 0) is 37.3 Å². The predicted molar refractivity (Wildman–Crippen MR) is 122 cm³/mol. The van der Waals surface area contributed by atoms with E-state index in [1.165, 1.54) is 0 Å². The summed E-state index contributed by atoms with van der Waals surface area (Å²) in [6, 6.07) is 0. The molecule has 0 heterocycles. The van der Waals surface area contributed by atoms with Crippen molar-refractivity contribution in [2.75, 3.05) is 52.1 Å². The molecule has 0 spiro atoms. The third-order valence-corrected chi connectivity index (χ3v) is 8.58.